The zero-order valence-corrected chi connectivity index (χ0v) is 13.3. The van der Waals surface area contributed by atoms with Gasteiger partial charge in [-0.05, 0) is 42.5 Å². The van der Waals surface area contributed by atoms with Crippen LogP contribution in [0.2, 0.25) is 0 Å². The first-order valence-electron chi connectivity index (χ1n) is 7.55. The molecule has 7 heteroatoms. The Balaban J connectivity index is 1.76. The SMILES string of the molecule is N#Cc1cccc(Nc2ccnc(C(=O)Nc3ccc(F)c(F)c3)c2)c1. The minimum Gasteiger partial charge on any atom is -0.355 e. The maximum Gasteiger partial charge on any atom is 0.274 e. The molecule has 1 aromatic heterocycles. The molecule has 0 spiro atoms. The standard InChI is InChI=1S/C19H12F2N4O/c20-16-5-4-14(9-17(16)21)25-19(26)18-10-15(6-7-23-18)24-13-3-1-2-12(8-13)11-22/h1-10H,(H,23,24)(H,25,26). The molecular weight excluding hydrogens is 338 g/mol. The fourth-order valence-corrected chi connectivity index (χ4v) is 2.23. The van der Waals surface area contributed by atoms with Crippen LogP contribution in [-0.4, -0.2) is 10.9 Å². The molecule has 128 valence electrons. The fourth-order valence-electron chi connectivity index (χ4n) is 2.23. The zero-order valence-electron chi connectivity index (χ0n) is 13.3. The lowest BCUT2D eigenvalue weighted by Crippen LogP contribution is -2.14. The molecule has 0 saturated carbocycles. The Kier molecular flexibility index (Phi) is 4.85. The second-order valence-corrected chi connectivity index (χ2v) is 5.33. The summed E-state index contributed by atoms with van der Waals surface area (Å²) in [5.74, 6) is -2.61. The molecule has 26 heavy (non-hydrogen) atoms. The molecule has 1 heterocycles. The third-order valence-electron chi connectivity index (χ3n) is 3.45. The lowest BCUT2D eigenvalue weighted by atomic mass is 10.2. The number of pyridine rings is 1. The van der Waals surface area contributed by atoms with Gasteiger partial charge in [-0.2, -0.15) is 5.26 Å². The van der Waals surface area contributed by atoms with Crippen molar-refractivity contribution < 1.29 is 13.6 Å². The Morgan fingerprint density at radius 3 is 2.54 bits per heavy atom. The van der Waals surface area contributed by atoms with E-state index in [1.807, 2.05) is 6.07 Å². The van der Waals surface area contributed by atoms with E-state index in [1.165, 1.54) is 18.3 Å². The van der Waals surface area contributed by atoms with Crippen LogP contribution in [0.4, 0.5) is 25.8 Å². The van der Waals surface area contributed by atoms with Crippen LogP contribution in [0.5, 0.6) is 0 Å². The van der Waals surface area contributed by atoms with E-state index in [1.54, 1.807) is 30.3 Å². The van der Waals surface area contributed by atoms with Gasteiger partial charge in [-0.3, -0.25) is 9.78 Å². The highest BCUT2D eigenvalue weighted by Crippen LogP contribution is 2.19. The lowest BCUT2D eigenvalue weighted by Gasteiger charge is -2.09. The van der Waals surface area contributed by atoms with Crippen molar-refractivity contribution in [2.45, 2.75) is 0 Å². The predicted molar refractivity (Wildman–Crippen MR) is 93.0 cm³/mol. The molecule has 1 amide bonds. The van der Waals surface area contributed by atoms with Crippen LogP contribution in [0.1, 0.15) is 16.1 Å². The van der Waals surface area contributed by atoms with Crippen molar-refractivity contribution in [3.05, 3.63) is 83.7 Å². The van der Waals surface area contributed by atoms with Crippen molar-refractivity contribution in [1.82, 2.24) is 4.98 Å². The number of hydrogen-bond acceptors (Lipinski definition) is 4. The average molecular weight is 350 g/mol. The highest BCUT2D eigenvalue weighted by atomic mass is 19.2. The van der Waals surface area contributed by atoms with Crippen LogP contribution in [0.15, 0.2) is 60.8 Å². The maximum absolute atomic E-state index is 13.2. The van der Waals surface area contributed by atoms with Crippen LogP contribution in [0.3, 0.4) is 0 Å². The van der Waals surface area contributed by atoms with Gasteiger partial charge in [0.25, 0.3) is 5.91 Å². The molecule has 0 bridgehead atoms. The van der Waals surface area contributed by atoms with Gasteiger partial charge in [-0.15, -0.1) is 0 Å². The van der Waals surface area contributed by atoms with Gasteiger partial charge >= 0.3 is 0 Å². The summed E-state index contributed by atoms with van der Waals surface area (Å²) in [5.41, 5.74) is 1.99. The Labute approximate surface area is 147 Å². The maximum atomic E-state index is 13.2. The molecule has 0 fully saturated rings. The van der Waals surface area contributed by atoms with Crippen molar-refractivity contribution in [2.75, 3.05) is 10.6 Å². The number of hydrogen-bond donors (Lipinski definition) is 2. The minimum atomic E-state index is -1.05. The van der Waals surface area contributed by atoms with Gasteiger partial charge in [0, 0.05) is 29.3 Å². The molecule has 3 aromatic rings. The van der Waals surface area contributed by atoms with E-state index >= 15 is 0 Å². The van der Waals surface area contributed by atoms with Gasteiger partial charge in [0.2, 0.25) is 0 Å². The number of nitriles is 1. The number of amides is 1. The van der Waals surface area contributed by atoms with Crippen LogP contribution >= 0.6 is 0 Å². The molecule has 0 aliphatic carbocycles. The first-order valence-corrected chi connectivity index (χ1v) is 7.55. The Bertz CT molecular complexity index is 1010. The molecule has 0 aliphatic heterocycles. The molecule has 0 radical (unpaired) electrons. The highest BCUT2D eigenvalue weighted by Gasteiger charge is 2.10. The van der Waals surface area contributed by atoms with Crippen LogP contribution in [0, 0.1) is 23.0 Å². The summed E-state index contributed by atoms with van der Waals surface area (Å²) in [6.45, 7) is 0. The monoisotopic (exact) mass is 350 g/mol. The number of anilines is 3. The van der Waals surface area contributed by atoms with E-state index in [2.05, 4.69) is 15.6 Å². The van der Waals surface area contributed by atoms with E-state index < -0.39 is 17.5 Å². The molecule has 0 atom stereocenters. The Morgan fingerprint density at radius 2 is 1.77 bits per heavy atom. The van der Waals surface area contributed by atoms with Crippen molar-refractivity contribution in [3.63, 3.8) is 0 Å². The van der Waals surface area contributed by atoms with E-state index in [9.17, 15) is 13.6 Å². The first-order chi connectivity index (χ1) is 12.5. The molecule has 0 saturated heterocycles. The van der Waals surface area contributed by atoms with Gasteiger partial charge in [0.15, 0.2) is 11.6 Å². The summed E-state index contributed by atoms with van der Waals surface area (Å²) in [6.07, 6.45) is 1.44. The third kappa shape index (κ3) is 3.99. The van der Waals surface area contributed by atoms with Gasteiger partial charge in [-0.25, -0.2) is 8.78 Å². The fraction of sp³-hybridized carbons (Fsp3) is 0. The van der Waals surface area contributed by atoms with Crippen LogP contribution < -0.4 is 10.6 Å². The van der Waals surface area contributed by atoms with Gasteiger partial charge in [0.1, 0.15) is 5.69 Å². The topological polar surface area (TPSA) is 77.8 Å². The molecular formula is C19H12F2N4O. The summed E-state index contributed by atoms with van der Waals surface area (Å²) in [7, 11) is 0. The third-order valence-corrected chi connectivity index (χ3v) is 3.45. The van der Waals surface area contributed by atoms with Gasteiger partial charge in [-0.1, -0.05) is 6.07 Å². The van der Waals surface area contributed by atoms with E-state index in [-0.39, 0.29) is 11.4 Å². The smallest absolute Gasteiger partial charge is 0.274 e. The van der Waals surface area contributed by atoms with Gasteiger partial charge < -0.3 is 10.6 Å². The average Bonchev–Trinajstić information content (AvgIpc) is 2.65. The molecule has 2 aromatic carbocycles. The highest BCUT2D eigenvalue weighted by molar-refractivity contribution is 6.03. The summed E-state index contributed by atoms with van der Waals surface area (Å²) in [6, 6.07) is 15.2. The molecule has 0 unspecified atom stereocenters. The minimum absolute atomic E-state index is 0.0937. The largest absolute Gasteiger partial charge is 0.355 e. The lowest BCUT2D eigenvalue weighted by molar-refractivity contribution is 0.102. The van der Waals surface area contributed by atoms with Gasteiger partial charge in [0.05, 0.1) is 11.6 Å². The number of aromatic nitrogens is 1. The number of carbonyl (C=O) groups excluding carboxylic acids is 1. The van der Waals surface area contributed by atoms with E-state index in [0.717, 1.165) is 12.1 Å². The summed E-state index contributed by atoms with van der Waals surface area (Å²) in [5, 5.41) is 14.5. The summed E-state index contributed by atoms with van der Waals surface area (Å²) in [4.78, 5) is 16.2. The summed E-state index contributed by atoms with van der Waals surface area (Å²) >= 11 is 0. The number of benzene rings is 2. The van der Waals surface area contributed by atoms with Crippen molar-refractivity contribution >= 4 is 23.0 Å². The van der Waals surface area contributed by atoms with Crippen molar-refractivity contribution in [1.29, 1.82) is 5.26 Å². The van der Waals surface area contributed by atoms with Crippen LogP contribution in [0.25, 0.3) is 0 Å². The second-order valence-electron chi connectivity index (χ2n) is 5.33. The predicted octanol–water partition coefficient (Wildman–Crippen LogP) is 4.23. The van der Waals surface area contributed by atoms with E-state index in [4.69, 9.17) is 5.26 Å². The molecule has 3 rings (SSSR count). The number of nitrogens with zero attached hydrogens (tertiary/aromatic N) is 2. The number of rotatable bonds is 4. The zero-order chi connectivity index (χ0) is 18.5. The van der Waals surface area contributed by atoms with Crippen molar-refractivity contribution in [2.24, 2.45) is 0 Å². The quantitative estimate of drug-likeness (QED) is 0.738. The van der Waals surface area contributed by atoms with Crippen molar-refractivity contribution in [3.8, 4) is 6.07 Å². The summed E-state index contributed by atoms with van der Waals surface area (Å²) < 4.78 is 26.2. The number of carbonyl (C=O) groups is 1. The molecule has 0 aliphatic rings. The molecule has 5 nitrogen and oxygen atoms in total. The first kappa shape index (κ1) is 17.0. The molecule has 2 N–H and O–H groups in total. The number of halogens is 2. The normalized spacial score (nSPS) is 10.0. The van der Waals surface area contributed by atoms with E-state index in [0.29, 0.717) is 16.9 Å². The van der Waals surface area contributed by atoms with Crippen LogP contribution in [-0.2, 0) is 0 Å². The Morgan fingerprint density at radius 1 is 0.962 bits per heavy atom. The number of nitrogens with one attached hydrogen (secondary N) is 2. The Hall–Kier alpha value is -3.79. The second kappa shape index (κ2) is 7.40.